The average molecular weight is 279 g/mol. The first-order chi connectivity index (χ1) is 9.17. The molecule has 0 saturated heterocycles. The van der Waals surface area contributed by atoms with Gasteiger partial charge in [0, 0.05) is 12.6 Å². The first-order valence-corrected chi connectivity index (χ1v) is 6.83. The number of rotatable bonds is 5. The Kier molecular flexibility index (Phi) is 4.33. The van der Waals surface area contributed by atoms with Crippen LogP contribution in [0.2, 0.25) is 0 Å². The van der Waals surface area contributed by atoms with Gasteiger partial charge < -0.3 is 9.99 Å². The van der Waals surface area contributed by atoms with Crippen molar-refractivity contribution in [2.45, 2.75) is 36.9 Å². The lowest BCUT2D eigenvalue weighted by atomic mass is 10.2. The number of anilines is 1. The summed E-state index contributed by atoms with van der Waals surface area (Å²) in [4.78, 5) is 8.47. The third kappa shape index (κ3) is 2.85. The number of nitrogens with one attached hydrogen (secondary N) is 1. The highest BCUT2D eigenvalue weighted by Crippen LogP contribution is 2.30. The fourth-order valence-corrected chi connectivity index (χ4v) is 2.59. The molecule has 7 nitrogen and oxygen atoms in total. The third-order valence-electron chi connectivity index (χ3n) is 2.78. The van der Waals surface area contributed by atoms with E-state index in [0.717, 1.165) is 34.4 Å². The molecule has 2 aromatic rings. The van der Waals surface area contributed by atoms with E-state index >= 15 is 0 Å². The molecule has 0 unspecified atom stereocenters. The second kappa shape index (κ2) is 5.98. The zero-order valence-corrected chi connectivity index (χ0v) is 12.0. The molecule has 0 aliphatic rings. The smallest absolute Gasteiger partial charge is 0.197 e. The normalized spacial score (nSPS) is 10.7. The van der Waals surface area contributed by atoms with Crippen molar-refractivity contribution in [1.29, 1.82) is 0 Å². The van der Waals surface area contributed by atoms with Crippen molar-refractivity contribution in [3.05, 3.63) is 17.7 Å². The first-order valence-electron chi connectivity index (χ1n) is 6.01. The lowest BCUT2D eigenvalue weighted by molar-refractivity contribution is 0.762. The van der Waals surface area contributed by atoms with Gasteiger partial charge in [0.2, 0.25) is 0 Å². The van der Waals surface area contributed by atoms with Gasteiger partial charge in [-0.2, -0.15) is 0 Å². The number of nitrogens with zero attached hydrogens (tertiary/aromatic N) is 5. The monoisotopic (exact) mass is 279 g/mol. The van der Waals surface area contributed by atoms with Crippen LogP contribution < -0.4 is 11.3 Å². The van der Waals surface area contributed by atoms with Crippen molar-refractivity contribution in [2.75, 3.05) is 5.43 Å². The third-order valence-corrected chi connectivity index (χ3v) is 3.87. The van der Waals surface area contributed by atoms with E-state index in [-0.39, 0.29) is 0 Å². The molecule has 2 aromatic heterocycles. The molecule has 0 fully saturated rings. The zero-order valence-electron chi connectivity index (χ0n) is 11.2. The van der Waals surface area contributed by atoms with Crippen molar-refractivity contribution < 1.29 is 0 Å². The molecule has 19 heavy (non-hydrogen) atoms. The van der Waals surface area contributed by atoms with Gasteiger partial charge in [-0.15, -0.1) is 10.2 Å². The number of hydrogen-bond donors (Lipinski definition) is 2. The molecule has 0 aliphatic heterocycles. The van der Waals surface area contributed by atoms with Gasteiger partial charge in [-0.1, -0.05) is 13.3 Å². The Labute approximate surface area is 116 Å². The van der Waals surface area contributed by atoms with Crippen LogP contribution in [0.4, 0.5) is 5.82 Å². The molecule has 3 N–H and O–H groups in total. The van der Waals surface area contributed by atoms with Crippen LogP contribution in [0.25, 0.3) is 0 Å². The number of hydrazine groups is 1. The van der Waals surface area contributed by atoms with Crippen molar-refractivity contribution in [3.8, 4) is 0 Å². The molecule has 0 aliphatic carbocycles. The van der Waals surface area contributed by atoms with Crippen LogP contribution in [-0.4, -0.2) is 24.7 Å². The SMILES string of the molecule is CCCc1c(NN)ncnc1Sc1nnc(C)n1C. The van der Waals surface area contributed by atoms with Gasteiger partial charge in [-0.05, 0) is 25.1 Å². The molecule has 0 amide bonds. The highest BCUT2D eigenvalue weighted by atomic mass is 32.2. The fraction of sp³-hybridized carbons (Fsp3) is 0.455. The summed E-state index contributed by atoms with van der Waals surface area (Å²) in [5.74, 6) is 7.03. The minimum absolute atomic E-state index is 0.665. The highest BCUT2D eigenvalue weighted by molar-refractivity contribution is 7.99. The molecule has 2 heterocycles. The summed E-state index contributed by atoms with van der Waals surface area (Å²) < 4.78 is 1.93. The van der Waals surface area contributed by atoms with Crippen LogP contribution in [0.15, 0.2) is 16.5 Å². The lowest BCUT2D eigenvalue weighted by Gasteiger charge is -2.10. The van der Waals surface area contributed by atoms with Crippen LogP contribution in [0.3, 0.4) is 0 Å². The molecule has 0 radical (unpaired) electrons. The summed E-state index contributed by atoms with van der Waals surface area (Å²) in [6, 6.07) is 0. The second-order valence-electron chi connectivity index (χ2n) is 4.09. The Hall–Kier alpha value is -1.67. The van der Waals surface area contributed by atoms with E-state index in [9.17, 15) is 0 Å². The van der Waals surface area contributed by atoms with Gasteiger partial charge >= 0.3 is 0 Å². The standard InChI is InChI=1S/C11H17N7S/c1-4-5-8-9(15-12)13-6-14-10(8)19-11-17-16-7(2)18(11)3/h6H,4-5,12H2,1-3H3,(H,13,14,15). The van der Waals surface area contributed by atoms with Gasteiger partial charge in [-0.25, -0.2) is 15.8 Å². The van der Waals surface area contributed by atoms with E-state index in [1.807, 2.05) is 18.5 Å². The van der Waals surface area contributed by atoms with Crippen molar-refractivity contribution in [3.63, 3.8) is 0 Å². The molecular weight excluding hydrogens is 262 g/mol. The summed E-state index contributed by atoms with van der Waals surface area (Å²) in [5, 5.41) is 9.83. The summed E-state index contributed by atoms with van der Waals surface area (Å²) in [7, 11) is 1.93. The van der Waals surface area contributed by atoms with Gasteiger partial charge in [0.25, 0.3) is 0 Å². The predicted octanol–water partition coefficient (Wildman–Crippen LogP) is 1.30. The summed E-state index contributed by atoms with van der Waals surface area (Å²) in [6.45, 7) is 4.02. The van der Waals surface area contributed by atoms with E-state index in [4.69, 9.17) is 5.84 Å². The highest BCUT2D eigenvalue weighted by Gasteiger charge is 2.14. The number of nitrogen functional groups attached to an aromatic ring is 1. The van der Waals surface area contributed by atoms with Gasteiger partial charge in [0.05, 0.1) is 0 Å². The Morgan fingerprint density at radius 1 is 1.37 bits per heavy atom. The van der Waals surface area contributed by atoms with E-state index < -0.39 is 0 Å². The average Bonchev–Trinajstić information content (AvgIpc) is 2.73. The van der Waals surface area contributed by atoms with Gasteiger partial charge in [0.15, 0.2) is 5.16 Å². The van der Waals surface area contributed by atoms with Gasteiger partial charge in [0.1, 0.15) is 23.0 Å². The van der Waals surface area contributed by atoms with Crippen LogP contribution in [0.5, 0.6) is 0 Å². The quantitative estimate of drug-likeness (QED) is 0.484. The maximum Gasteiger partial charge on any atom is 0.197 e. The van der Waals surface area contributed by atoms with Crippen LogP contribution in [0, 0.1) is 6.92 Å². The number of hydrogen-bond acceptors (Lipinski definition) is 7. The van der Waals surface area contributed by atoms with Crippen molar-refractivity contribution in [2.24, 2.45) is 12.9 Å². The topological polar surface area (TPSA) is 94.5 Å². The van der Waals surface area contributed by atoms with Gasteiger partial charge in [-0.3, -0.25) is 0 Å². The van der Waals surface area contributed by atoms with Crippen LogP contribution >= 0.6 is 11.8 Å². The maximum atomic E-state index is 5.49. The number of nitrogens with two attached hydrogens (primary N) is 1. The van der Waals surface area contributed by atoms with Crippen molar-refractivity contribution in [1.82, 2.24) is 24.7 Å². The Balaban J connectivity index is 2.36. The fourth-order valence-electron chi connectivity index (χ4n) is 1.65. The summed E-state index contributed by atoms with van der Waals surface area (Å²) in [5.41, 5.74) is 3.63. The maximum absolute atomic E-state index is 5.49. The molecule has 2 rings (SSSR count). The van der Waals surface area contributed by atoms with Crippen LogP contribution in [0.1, 0.15) is 24.7 Å². The van der Waals surface area contributed by atoms with E-state index in [0.29, 0.717) is 5.82 Å². The lowest BCUT2D eigenvalue weighted by Crippen LogP contribution is -2.12. The molecule has 0 aromatic carbocycles. The molecule has 8 heteroatoms. The molecule has 0 spiro atoms. The molecule has 0 atom stereocenters. The summed E-state index contributed by atoms with van der Waals surface area (Å²) >= 11 is 1.47. The molecular formula is C11H17N7S. The minimum atomic E-state index is 0.665. The Morgan fingerprint density at radius 2 is 2.16 bits per heavy atom. The number of aryl methyl sites for hydroxylation is 1. The van der Waals surface area contributed by atoms with Crippen LogP contribution in [-0.2, 0) is 13.5 Å². The molecule has 102 valence electrons. The second-order valence-corrected chi connectivity index (χ2v) is 5.05. The first kappa shape index (κ1) is 13.8. The predicted molar refractivity (Wildman–Crippen MR) is 73.7 cm³/mol. The Bertz CT molecular complexity index is 566. The summed E-state index contributed by atoms with van der Waals surface area (Å²) in [6.07, 6.45) is 3.35. The Morgan fingerprint density at radius 3 is 2.74 bits per heavy atom. The van der Waals surface area contributed by atoms with E-state index in [1.165, 1.54) is 18.1 Å². The van der Waals surface area contributed by atoms with E-state index in [1.54, 1.807) is 0 Å². The zero-order chi connectivity index (χ0) is 13.8. The molecule has 0 bridgehead atoms. The van der Waals surface area contributed by atoms with Crippen molar-refractivity contribution >= 4 is 17.6 Å². The van der Waals surface area contributed by atoms with E-state index in [2.05, 4.69) is 32.5 Å². The largest absolute Gasteiger partial charge is 0.309 e. The number of aromatic nitrogens is 5. The minimum Gasteiger partial charge on any atom is -0.309 e. The molecule has 0 saturated carbocycles.